The van der Waals surface area contributed by atoms with E-state index in [1.54, 1.807) is 19.1 Å². The maximum atomic E-state index is 13.0. The first-order valence-electron chi connectivity index (χ1n) is 6.07. The fraction of sp³-hybridized carbons (Fsp3) is 0.267. The number of pyridine rings is 1. The van der Waals surface area contributed by atoms with Gasteiger partial charge in [0, 0.05) is 18.0 Å². The van der Waals surface area contributed by atoms with Gasteiger partial charge in [-0.1, -0.05) is 18.2 Å². The summed E-state index contributed by atoms with van der Waals surface area (Å²) in [5.41, 5.74) is 1.06. The van der Waals surface area contributed by atoms with Gasteiger partial charge in [-0.3, -0.25) is 4.98 Å². The molecule has 0 aliphatic rings. The molecule has 0 amide bonds. The normalized spacial score (nSPS) is 13.3. The number of hydrogen-bond acceptors (Lipinski definition) is 2. The average molecular weight is 281 g/mol. The standard InChI is InChI=1S/C15H14F3NO/c1-9-4-3-5-11(10(9)2)14(20)12-8-19-7-6-13(12)15(16,17)18/h3-8,14,20H,1-2H3. The van der Waals surface area contributed by atoms with E-state index in [0.29, 0.717) is 5.56 Å². The number of aryl methyl sites for hydroxylation is 1. The number of rotatable bonds is 2. The van der Waals surface area contributed by atoms with Crippen LogP contribution in [0.1, 0.15) is 33.9 Å². The summed E-state index contributed by atoms with van der Waals surface area (Å²) >= 11 is 0. The van der Waals surface area contributed by atoms with Crippen LogP contribution in [0.5, 0.6) is 0 Å². The molecular formula is C15H14F3NO. The van der Waals surface area contributed by atoms with Gasteiger partial charge in [-0.2, -0.15) is 13.2 Å². The molecular weight excluding hydrogens is 267 g/mol. The first-order valence-corrected chi connectivity index (χ1v) is 6.07. The van der Waals surface area contributed by atoms with E-state index < -0.39 is 17.8 Å². The number of aromatic nitrogens is 1. The summed E-state index contributed by atoms with van der Waals surface area (Å²) in [5.74, 6) is 0. The Balaban J connectivity index is 2.55. The van der Waals surface area contributed by atoms with Crippen molar-refractivity contribution in [1.82, 2.24) is 4.98 Å². The summed E-state index contributed by atoms with van der Waals surface area (Å²) in [6, 6.07) is 6.06. The smallest absolute Gasteiger partial charge is 0.384 e. The molecule has 0 spiro atoms. The summed E-state index contributed by atoms with van der Waals surface area (Å²) in [5, 5.41) is 10.3. The van der Waals surface area contributed by atoms with Gasteiger partial charge in [0.25, 0.3) is 0 Å². The molecule has 0 radical (unpaired) electrons. The Bertz CT molecular complexity index is 623. The molecule has 1 N–H and O–H groups in total. The van der Waals surface area contributed by atoms with Crippen molar-refractivity contribution in [3.63, 3.8) is 0 Å². The first kappa shape index (κ1) is 14.5. The minimum Gasteiger partial charge on any atom is -0.384 e. The average Bonchev–Trinajstić information content (AvgIpc) is 2.40. The van der Waals surface area contributed by atoms with Gasteiger partial charge in [-0.25, -0.2) is 0 Å². The summed E-state index contributed by atoms with van der Waals surface area (Å²) in [4.78, 5) is 3.70. The second kappa shape index (κ2) is 5.25. The van der Waals surface area contributed by atoms with Crippen LogP contribution in [0, 0.1) is 13.8 Å². The number of aliphatic hydroxyl groups excluding tert-OH is 1. The van der Waals surface area contributed by atoms with E-state index in [0.717, 1.165) is 29.6 Å². The maximum Gasteiger partial charge on any atom is 0.416 e. The molecule has 0 aliphatic heterocycles. The van der Waals surface area contributed by atoms with E-state index in [9.17, 15) is 18.3 Å². The highest BCUT2D eigenvalue weighted by Crippen LogP contribution is 2.36. The molecule has 1 aromatic heterocycles. The molecule has 1 heterocycles. The van der Waals surface area contributed by atoms with Gasteiger partial charge in [0.2, 0.25) is 0 Å². The van der Waals surface area contributed by atoms with Gasteiger partial charge in [0.15, 0.2) is 0 Å². The van der Waals surface area contributed by atoms with Gasteiger partial charge in [0.1, 0.15) is 6.10 Å². The summed E-state index contributed by atoms with van der Waals surface area (Å²) < 4.78 is 38.9. The van der Waals surface area contributed by atoms with Crippen molar-refractivity contribution in [3.8, 4) is 0 Å². The molecule has 0 saturated carbocycles. The monoisotopic (exact) mass is 281 g/mol. The van der Waals surface area contributed by atoms with Crippen LogP contribution in [0.2, 0.25) is 0 Å². The van der Waals surface area contributed by atoms with Crippen molar-refractivity contribution in [2.24, 2.45) is 0 Å². The third-order valence-corrected chi connectivity index (χ3v) is 3.39. The minimum absolute atomic E-state index is 0.228. The lowest BCUT2D eigenvalue weighted by Gasteiger charge is -2.19. The van der Waals surface area contributed by atoms with Crippen molar-refractivity contribution in [3.05, 3.63) is 64.5 Å². The van der Waals surface area contributed by atoms with Crippen molar-refractivity contribution >= 4 is 0 Å². The predicted octanol–water partition coefficient (Wildman–Crippen LogP) is 3.80. The minimum atomic E-state index is -4.52. The molecule has 2 nitrogen and oxygen atoms in total. The zero-order valence-electron chi connectivity index (χ0n) is 11.1. The molecule has 1 unspecified atom stereocenters. The summed E-state index contributed by atoms with van der Waals surface area (Å²) in [7, 11) is 0. The van der Waals surface area contributed by atoms with E-state index in [1.807, 2.05) is 13.0 Å². The molecule has 0 saturated heterocycles. The number of aliphatic hydroxyl groups is 1. The lowest BCUT2D eigenvalue weighted by molar-refractivity contribution is -0.139. The second-order valence-electron chi connectivity index (χ2n) is 4.65. The SMILES string of the molecule is Cc1cccc(C(O)c2cnccc2C(F)(F)F)c1C. The Morgan fingerprint density at radius 2 is 1.80 bits per heavy atom. The molecule has 1 atom stereocenters. The molecule has 0 fully saturated rings. The first-order chi connectivity index (χ1) is 9.32. The predicted molar refractivity (Wildman–Crippen MR) is 69.2 cm³/mol. The van der Waals surface area contributed by atoms with Crippen LogP contribution in [-0.4, -0.2) is 10.1 Å². The molecule has 20 heavy (non-hydrogen) atoms. The van der Waals surface area contributed by atoms with Crippen LogP contribution in [-0.2, 0) is 6.18 Å². The molecule has 0 aliphatic carbocycles. The highest BCUT2D eigenvalue weighted by atomic mass is 19.4. The number of alkyl halides is 3. The molecule has 2 aromatic rings. The zero-order valence-corrected chi connectivity index (χ0v) is 11.1. The third-order valence-electron chi connectivity index (χ3n) is 3.39. The van der Waals surface area contributed by atoms with Crippen LogP contribution in [0.4, 0.5) is 13.2 Å². The summed E-state index contributed by atoms with van der Waals surface area (Å²) in [6.45, 7) is 3.62. The number of hydrogen-bond donors (Lipinski definition) is 1. The number of nitrogens with zero attached hydrogens (tertiary/aromatic N) is 1. The Morgan fingerprint density at radius 3 is 2.45 bits per heavy atom. The van der Waals surface area contributed by atoms with Crippen molar-refractivity contribution < 1.29 is 18.3 Å². The largest absolute Gasteiger partial charge is 0.416 e. The van der Waals surface area contributed by atoms with E-state index in [-0.39, 0.29) is 5.56 Å². The van der Waals surface area contributed by atoms with Crippen molar-refractivity contribution in [2.45, 2.75) is 26.1 Å². The Labute approximate surface area is 114 Å². The van der Waals surface area contributed by atoms with Crippen LogP contribution >= 0.6 is 0 Å². The van der Waals surface area contributed by atoms with E-state index in [4.69, 9.17) is 0 Å². The number of halogens is 3. The molecule has 1 aromatic carbocycles. The van der Waals surface area contributed by atoms with Gasteiger partial charge in [-0.05, 0) is 36.6 Å². The van der Waals surface area contributed by atoms with Gasteiger partial charge in [-0.15, -0.1) is 0 Å². The topological polar surface area (TPSA) is 33.1 Å². The Morgan fingerprint density at radius 1 is 1.10 bits per heavy atom. The van der Waals surface area contributed by atoms with Gasteiger partial charge < -0.3 is 5.11 Å². The lowest BCUT2D eigenvalue weighted by Crippen LogP contribution is -2.14. The molecule has 0 bridgehead atoms. The van der Waals surface area contributed by atoms with E-state index >= 15 is 0 Å². The van der Waals surface area contributed by atoms with E-state index in [2.05, 4.69) is 4.98 Å². The maximum absolute atomic E-state index is 13.0. The highest BCUT2D eigenvalue weighted by molar-refractivity contribution is 5.41. The van der Waals surface area contributed by atoms with Crippen molar-refractivity contribution in [2.75, 3.05) is 0 Å². The molecule has 106 valence electrons. The molecule has 2 rings (SSSR count). The quantitative estimate of drug-likeness (QED) is 0.908. The zero-order chi connectivity index (χ0) is 14.9. The number of benzene rings is 1. The Hall–Kier alpha value is -1.88. The molecule has 5 heteroatoms. The van der Waals surface area contributed by atoms with E-state index in [1.165, 1.54) is 0 Å². The third kappa shape index (κ3) is 2.67. The summed E-state index contributed by atoms with van der Waals surface area (Å²) in [6.07, 6.45) is -3.73. The lowest BCUT2D eigenvalue weighted by atomic mass is 9.93. The van der Waals surface area contributed by atoms with Crippen LogP contribution in [0.15, 0.2) is 36.7 Å². The highest BCUT2D eigenvalue weighted by Gasteiger charge is 2.35. The second-order valence-corrected chi connectivity index (χ2v) is 4.65. The fourth-order valence-electron chi connectivity index (χ4n) is 2.12. The van der Waals surface area contributed by atoms with Crippen molar-refractivity contribution in [1.29, 1.82) is 0 Å². The van der Waals surface area contributed by atoms with Gasteiger partial charge in [0.05, 0.1) is 5.56 Å². The van der Waals surface area contributed by atoms with Crippen LogP contribution < -0.4 is 0 Å². The Kier molecular flexibility index (Phi) is 3.81. The van der Waals surface area contributed by atoms with Crippen LogP contribution in [0.25, 0.3) is 0 Å². The van der Waals surface area contributed by atoms with Gasteiger partial charge >= 0.3 is 6.18 Å². The fourth-order valence-corrected chi connectivity index (χ4v) is 2.12. The van der Waals surface area contributed by atoms with Crippen LogP contribution in [0.3, 0.4) is 0 Å².